The van der Waals surface area contributed by atoms with Crippen molar-refractivity contribution in [2.24, 2.45) is 0 Å². The number of phosphoric acid groups is 1. The van der Waals surface area contributed by atoms with Gasteiger partial charge in [0.15, 0.2) is 0 Å². The van der Waals surface area contributed by atoms with Crippen LogP contribution in [0.5, 0.6) is 0 Å². The Kier molecular flexibility index (Phi) is 5.20. The van der Waals surface area contributed by atoms with E-state index in [4.69, 9.17) is 19.2 Å². The minimum Gasteiger partial charge on any atom is -0.303 e. The Hall–Kier alpha value is 1.03. The Morgan fingerprint density at radius 3 is 1.17 bits per heavy atom. The monoisotopic (exact) mass is 303 g/mol. The first-order valence-electron chi connectivity index (χ1n) is 0.783. The van der Waals surface area contributed by atoms with E-state index in [1.54, 1.807) is 0 Å². The Labute approximate surface area is 54.6 Å². The van der Waals surface area contributed by atoms with E-state index in [-0.39, 0.29) is 27.3 Å². The van der Waals surface area contributed by atoms with Gasteiger partial charge in [0.05, 0.1) is 0 Å². The van der Waals surface area contributed by atoms with E-state index in [1.807, 2.05) is 0 Å². The van der Waals surface area contributed by atoms with Crippen LogP contribution in [0, 0.1) is 0 Å². The van der Waals surface area contributed by atoms with Gasteiger partial charge in [-0.25, -0.2) is 4.57 Å². The Balaban J connectivity index is 0. The predicted molar refractivity (Wildman–Crippen MR) is 20.0 cm³/mol. The van der Waals surface area contributed by atoms with Crippen molar-refractivity contribution < 1.29 is 19.2 Å². The van der Waals surface area contributed by atoms with E-state index < -0.39 is 7.82 Å². The third kappa shape index (κ3) is 76.8. The molecule has 0 saturated heterocycles. The van der Waals surface area contributed by atoms with Crippen LogP contribution in [0.2, 0.25) is 0 Å². The predicted octanol–water partition coefficient (Wildman–Crippen LogP) is -1.31. The van der Waals surface area contributed by atoms with Gasteiger partial charge in [-0.3, -0.25) is 0 Å². The molecule has 0 rings (SSSR count). The molecule has 4 nitrogen and oxygen atoms in total. The summed E-state index contributed by atoms with van der Waals surface area (Å²) in [6.07, 6.45) is 0. The molecule has 6 heteroatoms. The van der Waals surface area contributed by atoms with Crippen LogP contribution < -0.4 is 0 Å². The largest absolute Gasteiger partial charge is 0.466 e. The SMILES string of the molecule is O=P(O)(O)O.[Tl]. The van der Waals surface area contributed by atoms with Gasteiger partial charge < -0.3 is 14.7 Å². The topological polar surface area (TPSA) is 77.8 Å². The zero-order valence-electron chi connectivity index (χ0n) is 2.77. The summed E-state index contributed by atoms with van der Waals surface area (Å²) in [6.45, 7) is 0. The zero-order chi connectivity index (χ0) is 4.50. The van der Waals surface area contributed by atoms with Gasteiger partial charge in [0.2, 0.25) is 0 Å². The molecular formula is H3O4PTl. The molecule has 3 N–H and O–H groups in total. The molecular weight excluding hydrogens is 299 g/mol. The summed E-state index contributed by atoms with van der Waals surface area (Å²) in [5, 5.41) is 0. The van der Waals surface area contributed by atoms with Crippen LogP contribution in [0.4, 0.5) is 0 Å². The molecule has 0 fully saturated rings. The van der Waals surface area contributed by atoms with Crippen LogP contribution in [0.15, 0.2) is 0 Å². The van der Waals surface area contributed by atoms with Gasteiger partial charge in [0.1, 0.15) is 0 Å². The normalized spacial score (nSPS) is 9.83. The molecule has 0 atom stereocenters. The van der Waals surface area contributed by atoms with Gasteiger partial charge in [-0.05, 0) is 0 Å². The van der Waals surface area contributed by atoms with E-state index >= 15 is 0 Å². The van der Waals surface area contributed by atoms with Gasteiger partial charge in [0.25, 0.3) is 0 Å². The number of hydrogen-bond donors (Lipinski definition) is 3. The van der Waals surface area contributed by atoms with Crippen molar-refractivity contribution in [2.75, 3.05) is 0 Å². The maximum atomic E-state index is 8.88. The molecule has 6 heavy (non-hydrogen) atoms. The summed E-state index contributed by atoms with van der Waals surface area (Å²) in [7, 11) is -4.64. The van der Waals surface area contributed by atoms with Gasteiger partial charge >= 0.3 is 7.82 Å². The number of rotatable bonds is 0. The molecule has 0 bridgehead atoms. The van der Waals surface area contributed by atoms with E-state index in [9.17, 15) is 0 Å². The van der Waals surface area contributed by atoms with E-state index in [1.165, 1.54) is 0 Å². The summed E-state index contributed by atoms with van der Waals surface area (Å²) in [4.78, 5) is 21.6. The third-order valence-electron chi connectivity index (χ3n) is 0. The summed E-state index contributed by atoms with van der Waals surface area (Å²) in [5.41, 5.74) is 0. The molecule has 0 heterocycles. The van der Waals surface area contributed by atoms with E-state index in [0.717, 1.165) is 0 Å². The molecule has 0 aliphatic rings. The molecule has 1 radical (unpaired) electrons. The van der Waals surface area contributed by atoms with Crippen molar-refractivity contribution >= 4 is 35.1 Å². The second-order valence-electron chi connectivity index (χ2n) is 0.513. The fourth-order valence-corrected chi connectivity index (χ4v) is 0. The van der Waals surface area contributed by atoms with Crippen LogP contribution >= 0.6 is 7.82 Å². The van der Waals surface area contributed by atoms with Crippen LogP contribution in [-0.4, -0.2) is 42.0 Å². The first-order chi connectivity index (χ1) is 2.00. The number of hydrogen-bond acceptors (Lipinski definition) is 1. The first kappa shape index (κ1) is 10.1. The summed E-state index contributed by atoms with van der Waals surface area (Å²) < 4.78 is 8.88. The molecule has 0 aliphatic carbocycles. The van der Waals surface area contributed by atoms with Crippen LogP contribution in [0.3, 0.4) is 0 Å². The Morgan fingerprint density at radius 1 is 1.17 bits per heavy atom. The molecule has 0 aromatic heterocycles. The van der Waals surface area contributed by atoms with E-state index in [0.29, 0.717) is 0 Å². The molecule has 0 saturated carbocycles. The van der Waals surface area contributed by atoms with Gasteiger partial charge in [-0.1, -0.05) is 0 Å². The molecule has 0 unspecified atom stereocenters. The average Bonchev–Trinajstić information content (AvgIpc) is 0.722. The maximum absolute atomic E-state index is 8.88. The molecule has 0 amide bonds. The van der Waals surface area contributed by atoms with Crippen molar-refractivity contribution in [1.29, 1.82) is 0 Å². The second kappa shape index (κ2) is 3.09. The standard InChI is InChI=1S/H3O4P.Tl/c1-5(2,3)4;/h(H3,1,2,3,4);. The Bertz CT molecular complexity index is 53.7. The quantitative estimate of drug-likeness (QED) is 0.384. The average molecular weight is 302 g/mol. The van der Waals surface area contributed by atoms with Gasteiger partial charge in [-0.2, -0.15) is 0 Å². The van der Waals surface area contributed by atoms with Crippen molar-refractivity contribution in [3.63, 3.8) is 0 Å². The van der Waals surface area contributed by atoms with Crippen LogP contribution in [0.25, 0.3) is 0 Å². The smallest absolute Gasteiger partial charge is 0.303 e. The van der Waals surface area contributed by atoms with Gasteiger partial charge in [0, 0.05) is 27.3 Å². The van der Waals surface area contributed by atoms with Crippen LogP contribution in [0.1, 0.15) is 0 Å². The fraction of sp³-hybridized carbons (Fsp3) is 0. The first-order valence-corrected chi connectivity index (χ1v) is 2.35. The second-order valence-corrected chi connectivity index (χ2v) is 1.54. The molecule has 35 valence electrons. The molecule has 0 spiro atoms. The van der Waals surface area contributed by atoms with E-state index in [2.05, 4.69) is 0 Å². The minimum atomic E-state index is -4.64. The van der Waals surface area contributed by atoms with Gasteiger partial charge in [-0.15, -0.1) is 0 Å². The fourth-order valence-electron chi connectivity index (χ4n) is 0. The summed E-state index contributed by atoms with van der Waals surface area (Å²) >= 11 is 0. The molecule has 0 aromatic carbocycles. The van der Waals surface area contributed by atoms with Crippen molar-refractivity contribution in [3.8, 4) is 0 Å². The Morgan fingerprint density at radius 2 is 1.17 bits per heavy atom. The summed E-state index contributed by atoms with van der Waals surface area (Å²) in [5.74, 6) is 0. The maximum Gasteiger partial charge on any atom is 0.466 e. The minimum absolute atomic E-state index is 0. The van der Waals surface area contributed by atoms with Crippen molar-refractivity contribution in [3.05, 3.63) is 0 Å². The zero-order valence-corrected chi connectivity index (χ0v) is 8.16. The molecule has 0 aliphatic heterocycles. The van der Waals surface area contributed by atoms with Crippen LogP contribution in [-0.2, 0) is 4.57 Å². The summed E-state index contributed by atoms with van der Waals surface area (Å²) in [6, 6.07) is 0. The third-order valence-corrected chi connectivity index (χ3v) is 0. The van der Waals surface area contributed by atoms with Crippen molar-refractivity contribution in [2.45, 2.75) is 0 Å². The molecule has 0 aromatic rings. The van der Waals surface area contributed by atoms with Crippen molar-refractivity contribution in [1.82, 2.24) is 0 Å².